The number of likely N-dealkylation sites (N-methyl/N-ethyl adjacent to an activating group) is 1. The Kier molecular flexibility index (Phi) is 6.98. The minimum atomic E-state index is -0.0185. The first-order chi connectivity index (χ1) is 8.69. The smallest absolute Gasteiger partial charge is 0.252 e. The van der Waals surface area contributed by atoms with Crippen molar-refractivity contribution in [1.82, 2.24) is 10.2 Å². The van der Waals surface area contributed by atoms with Gasteiger partial charge < -0.3 is 10.2 Å². The van der Waals surface area contributed by atoms with Crippen LogP contribution in [0.4, 0.5) is 0 Å². The van der Waals surface area contributed by atoms with Crippen LogP contribution >= 0.6 is 15.9 Å². The Balaban J connectivity index is 2.40. The van der Waals surface area contributed by atoms with Gasteiger partial charge in [0.15, 0.2) is 0 Å². The summed E-state index contributed by atoms with van der Waals surface area (Å²) in [6, 6.07) is 7.48. The molecule has 0 heterocycles. The number of rotatable bonds is 7. The molecule has 0 bridgehead atoms. The van der Waals surface area contributed by atoms with E-state index < -0.39 is 0 Å². The Morgan fingerprint density at radius 3 is 2.61 bits per heavy atom. The average molecular weight is 313 g/mol. The van der Waals surface area contributed by atoms with Crippen molar-refractivity contribution in [3.63, 3.8) is 0 Å². The first kappa shape index (κ1) is 15.2. The highest BCUT2D eigenvalue weighted by Gasteiger charge is 2.08. The van der Waals surface area contributed by atoms with Gasteiger partial charge in [-0.3, -0.25) is 4.79 Å². The van der Waals surface area contributed by atoms with Crippen LogP contribution in [0.5, 0.6) is 0 Å². The lowest BCUT2D eigenvalue weighted by atomic mass is 10.2. The summed E-state index contributed by atoms with van der Waals surface area (Å²) in [7, 11) is 0. The fraction of sp³-hybridized carbons (Fsp3) is 0.500. The van der Waals surface area contributed by atoms with Crippen LogP contribution in [0, 0.1) is 0 Å². The van der Waals surface area contributed by atoms with Crippen LogP contribution in [0.15, 0.2) is 28.7 Å². The van der Waals surface area contributed by atoms with Crippen molar-refractivity contribution < 1.29 is 4.79 Å². The Morgan fingerprint density at radius 1 is 1.28 bits per heavy atom. The van der Waals surface area contributed by atoms with Crippen LogP contribution in [-0.4, -0.2) is 37.0 Å². The number of amides is 1. The fourth-order valence-corrected chi connectivity index (χ4v) is 2.28. The number of nitrogens with one attached hydrogen (secondary N) is 1. The molecule has 1 N–H and O–H groups in total. The number of carbonyl (C=O) groups excluding carboxylic acids is 1. The summed E-state index contributed by atoms with van der Waals surface area (Å²) in [6.07, 6.45) is 1.14. The van der Waals surface area contributed by atoms with Gasteiger partial charge in [0.2, 0.25) is 0 Å². The van der Waals surface area contributed by atoms with Gasteiger partial charge in [0.05, 0.1) is 5.56 Å². The largest absolute Gasteiger partial charge is 0.351 e. The molecule has 0 fully saturated rings. The summed E-state index contributed by atoms with van der Waals surface area (Å²) in [6.45, 7) is 8.02. The predicted octanol–water partition coefficient (Wildman–Crippen LogP) is 2.91. The van der Waals surface area contributed by atoms with Gasteiger partial charge >= 0.3 is 0 Å². The predicted molar refractivity (Wildman–Crippen MR) is 78.9 cm³/mol. The maximum Gasteiger partial charge on any atom is 0.252 e. The van der Waals surface area contributed by atoms with E-state index in [0.29, 0.717) is 12.1 Å². The first-order valence-corrected chi connectivity index (χ1v) is 7.23. The topological polar surface area (TPSA) is 32.3 Å². The fourth-order valence-electron chi connectivity index (χ4n) is 1.81. The van der Waals surface area contributed by atoms with Gasteiger partial charge in [-0.25, -0.2) is 0 Å². The number of benzene rings is 1. The third-order valence-corrected chi connectivity index (χ3v) is 3.51. The molecule has 1 aromatic carbocycles. The van der Waals surface area contributed by atoms with Crippen LogP contribution in [0.2, 0.25) is 0 Å². The number of hydrogen-bond acceptors (Lipinski definition) is 2. The summed E-state index contributed by atoms with van der Waals surface area (Å²) >= 11 is 3.39. The Hall–Kier alpha value is -0.870. The number of halogens is 1. The zero-order valence-corrected chi connectivity index (χ0v) is 12.7. The molecule has 0 saturated heterocycles. The van der Waals surface area contributed by atoms with Gasteiger partial charge in [-0.2, -0.15) is 0 Å². The van der Waals surface area contributed by atoms with E-state index >= 15 is 0 Å². The van der Waals surface area contributed by atoms with Crippen molar-refractivity contribution in [2.75, 3.05) is 26.2 Å². The van der Waals surface area contributed by atoms with Crippen molar-refractivity contribution in [1.29, 1.82) is 0 Å². The summed E-state index contributed by atoms with van der Waals surface area (Å²) in [5.41, 5.74) is 0.691. The second-order valence-corrected chi connectivity index (χ2v) is 5.02. The lowest BCUT2D eigenvalue weighted by molar-refractivity contribution is 0.0948. The molecule has 0 unspecified atom stereocenters. The monoisotopic (exact) mass is 312 g/mol. The highest BCUT2D eigenvalue weighted by atomic mass is 79.9. The molecule has 0 aliphatic heterocycles. The highest BCUT2D eigenvalue weighted by molar-refractivity contribution is 9.10. The number of carbonyl (C=O) groups is 1. The van der Waals surface area contributed by atoms with E-state index in [1.54, 1.807) is 0 Å². The van der Waals surface area contributed by atoms with E-state index in [9.17, 15) is 4.79 Å². The van der Waals surface area contributed by atoms with Gasteiger partial charge in [-0.15, -0.1) is 0 Å². The van der Waals surface area contributed by atoms with E-state index in [4.69, 9.17) is 0 Å². The number of hydrogen-bond donors (Lipinski definition) is 1. The summed E-state index contributed by atoms with van der Waals surface area (Å²) in [4.78, 5) is 14.3. The molecule has 0 aliphatic rings. The van der Waals surface area contributed by atoms with Crippen molar-refractivity contribution in [3.05, 3.63) is 34.3 Å². The van der Waals surface area contributed by atoms with Crippen LogP contribution in [0.1, 0.15) is 30.6 Å². The van der Waals surface area contributed by atoms with Crippen LogP contribution in [0.3, 0.4) is 0 Å². The van der Waals surface area contributed by atoms with Gasteiger partial charge in [0.25, 0.3) is 5.91 Å². The van der Waals surface area contributed by atoms with Crippen LogP contribution in [0.25, 0.3) is 0 Å². The van der Waals surface area contributed by atoms with Crippen molar-refractivity contribution >= 4 is 21.8 Å². The van der Waals surface area contributed by atoms with E-state index in [-0.39, 0.29) is 5.91 Å². The Morgan fingerprint density at radius 2 is 2.00 bits per heavy atom. The second-order valence-electron chi connectivity index (χ2n) is 4.17. The van der Waals surface area contributed by atoms with Crippen LogP contribution in [-0.2, 0) is 0 Å². The average Bonchev–Trinajstić information content (AvgIpc) is 2.38. The zero-order chi connectivity index (χ0) is 13.4. The third-order valence-electron chi connectivity index (χ3n) is 2.82. The lowest BCUT2D eigenvalue weighted by Crippen LogP contribution is -2.35. The molecule has 3 nitrogen and oxygen atoms in total. The normalized spacial score (nSPS) is 10.7. The van der Waals surface area contributed by atoms with Gasteiger partial charge in [0.1, 0.15) is 0 Å². The molecule has 1 rings (SSSR count). The molecular weight excluding hydrogens is 292 g/mol. The second kappa shape index (κ2) is 8.27. The van der Waals surface area contributed by atoms with Crippen molar-refractivity contribution in [3.8, 4) is 0 Å². The van der Waals surface area contributed by atoms with Gasteiger partial charge in [0, 0.05) is 17.6 Å². The van der Waals surface area contributed by atoms with E-state index in [0.717, 1.165) is 30.5 Å². The SMILES string of the molecule is CCCN(CC)CCNC(=O)c1ccccc1Br. The maximum absolute atomic E-state index is 11.9. The number of nitrogens with zero attached hydrogens (tertiary/aromatic N) is 1. The molecule has 100 valence electrons. The molecule has 4 heteroatoms. The van der Waals surface area contributed by atoms with E-state index in [1.165, 1.54) is 0 Å². The summed E-state index contributed by atoms with van der Waals surface area (Å²) in [5.74, 6) is -0.0185. The quantitative estimate of drug-likeness (QED) is 0.839. The summed E-state index contributed by atoms with van der Waals surface area (Å²) in [5, 5.41) is 2.95. The van der Waals surface area contributed by atoms with Crippen LogP contribution < -0.4 is 5.32 Å². The van der Waals surface area contributed by atoms with Crippen molar-refractivity contribution in [2.24, 2.45) is 0 Å². The Bertz CT molecular complexity index is 382. The summed E-state index contributed by atoms with van der Waals surface area (Å²) < 4.78 is 0.836. The molecule has 18 heavy (non-hydrogen) atoms. The lowest BCUT2D eigenvalue weighted by Gasteiger charge is -2.19. The zero-order valence-electron chi connectivity index (χ0n) is 11.1. The standard InChI is InChI=1S/C14H21BrN2O/c1-3-10-17(4-2)11-9-16-14(18)12-7-5-6-8-13(12)15/h5-8H,3-4,9-11H2,1-2H3,(H,16,18). The van der Waals surface area contributed by atoms with Gasteiger partial charge in [-0.1, -0.05) is 26.0 Å². The van der Waals surface area contributed by atoms with E-state index in [2.05, 4.69) is 40.0 Å². The molecule has 0 spiro atoms. The molecule has 1 aromatic rings. The van der Waals surface area contributed by atoms with Gasteiger partial charge in [-0.05, 0) is 47.6 Å². The maximum atomic E-state index is 11.9. The molecule has 0 atom stereocenters. The minimum Gasteiger partial charge on any atom is -0.351 e. The molecule has 0 radical (unpaired) electrons. The molecule has 1 amide bonds. The Labute approximate surface area is 118 Å². The molecule has 0 aromatic heterocycles. The highest BCUT2D eigenvalue weighted by Crippen LogP contribution is 2.15. The molecular formula is C14H21BrN2O. The third kappa shape index (κ3) is 4.78. The molecule has 0 aliphatic carbocycles. The molecule has 0 saturated carbocycles. The minimum absolute atomic E-state index is 0.0185. The van der Waals surface area contributed by atoms with Crippen molar-refractivity contribution in [2.45, 2.75) is 20.3 Å². The van der Waals surface area contributed by atoms with E-state index in [1.807, 2.05) is 24.3 Å². The first-order valence-electron chi connectivity index (χ1n) is 6.44.